The highest BCUT2D eigenvalue weighted by molar-refractivity contribution is 5.41. The summed E-state index contributed by atoms with van der Waals surface area (Å²) < 4.78 is 5.93. The maximum atomic E-state index is 5.93. The fourth-order valence-electron chi connectivity index (χ4n) is 3.35. The van der Waals surface area contributed by atoms with E-state index in [2.05, 4.69) is 51.2 Å². The monoisotopic (exact) mass is 273 g/mol. The molecule has 1 fully saturated rings. The van der Waals surface area contributed by atoms with Crippen LogP contribution in [0.1, 0.15) is 51.7 Å². The van der Waals surface area contributed by atoms with Crippen LogP contribution >= 0.6 is 0 Å². The lowest BCUT2D eigenvalue weighted by Gasteiger charge is -2.20. The number of benzene rings is 1. The number of ether oxygens (including phenoxy) is 1. The van der Waals surface area contributed by atoms with Crippen LogP contribution in [0.4, 0.5) is 0 Å². The summed E-state index contributed by atoms with van der Waals surface area (Å²) in [6.45, 7) is 11.1. The van der Waals surface area contributed by atoms with E-state index < -0.39 is 0 Å². The van der Waals surface area contributed by atoms with Crippen LogP contribution in [0.5, 0.6) is 5.75 Å². The highest BCUT2D eigenvalue weighted by atomic mass is 16.5. The molecule has 0 amide bonds. The average Bonchev–Trinajstić information content (AvgIpc) is 3.06. The van der Waals surface area contributed by atoms with Crippen LogP contribution in [0.3, 0.4) is 0 Å². The molecule has 0 unspecified atom stereocenters. The van der Waals surface area contributed by atoms with Gasteiger partial charge in [-0.1, -0.05) is 26.0 Å². The van der Waals surface area contributed by atoms with E-state index in [9.17, 15) is 0 Å². The first kappa shape index (κ1) is 13.9. The van der Waals surface area contributed by atoms with Crippen molar-refractivity contribution in [3.05, 3.63) is 29.3 Å². The van der Waals surface area contributed by atoms with E-state index in [0.717, 1.165) is 31.2 Å². The van der Waals surface area contributed by atoms with Gasteiger partial charge < -0.3 is 10.1 Å². The van der Waals surface area contributed by atoms with Gasteiger partial charge in [-0.2, -0.15) is 0 Å². The van der Waals surface area contributed by atoms with Gasteiger partial charge in [0.1, 0.15) is 11.4 Å². The smallest absolute Gasteiger partial charge is 0.123 e. The normalized spacial score (nSPS) is 21.6. The standard InChI is InChI=1S/C18H27NO/c1-13(2)18(7-8-18)12-19-11-14-5-6-16-15(9-14)10-17(3,4)20-16/h5-6,9,13,19H,7-8,10-12H2,1-4H3. The second kappa shape index (κ2) is 4.77. The number of hydrogen-bond donors (Lipinski definition) is 1. The fraction of sp³-hybridized carbons (Fsp3) is 0.667. The number of hydrogen-bond acceptors (Lipinski definition) is 2. The van der Waals surface area contributed by atoms with Crippen LogP contribution in [-0.2, 0) is 13.0 Å². The van der Waals surface area contributed by atoms with Crippen LogP contribution in [-0.4, -0.2) is 12.1 Å². The Morgan fingerprint density at radius 3 is 2.65 bits per heavy atom. The Labute approximate surface area is 122 Å². The fourth-order valence-corrected chi connectivity index (χ4v) is 3.35. The molecule has 1 aromatic carbocycles. The van der Waals surface area contributed by atoms with Crippen LogP contribution in [0, 0.1) is 11.3 Å². The molecule has 1 aliphatic carbocycles. The molecule has 0 saturated heterocycles. The first-order valence-corrected chi connectivity index (χ1v) is 7.92. The van der Waals surface area contributed by atoms with E-state index in [1.54, 1.807) is 0 Å². The zero-order valence-corrected chi connectivity index (χ0v) is 13.3. The van der Waals surface area contributed by atoms with Gasteiger partial charge in [-0.05, 0) is 55.2 Å². The third kappa shape index (κ3) is 2.71. The van der Waals surface area contributed by atoms with Crippen LogP contribution in [0.2, 0.25) is 0 Å². The van der Waals surface area contributed by atoms with Gasteiger partial charge in [-0.15, -0.1) is 0 Å². The lowest BCUT2D eigenvalue weighted by atomic mass is 9.92. The van der Waals surface area contributed by atoms with Gasteiger partial charge in [0.15, 0.2) is 0 Å². The topological polar surface area (TPSA) is 21.3 Å². The van der Waals surface area contributed by atoms with Crippen molar-refractivity contribution >= 4 is 0 Å². The van der Waals surface area contributed by atoms with Crippen molar-refractivity contribution in [3.8, 4) is 5.75 Å². The van der Waals surface area contributed by atoms with Gasteiger partial charge in [0.25, 0.3) is 0 Å². The van der Waals surface area contributed by atoms with Crippen molar-refractivity contribution in [1.29, 1.82) is 0 Å². The first-order valence-electron chi connectivity index (χ1n) is 7.92. The van der Waals surface area contributed by atoms with E-state index in [1.165, 1.54) is 24.0 Å². The van der Waals surface area contributed by atoms with E-state index in [-0.39, 0.29) is 5.60 Å². The Morgan fingerprint density at radius 2 is 2.00 bits per heavy atom. The minimum Gasteiger partial charge on any atom is -0.487 e. The highest BCUT2D eigenvalue weighted by Gasteiger charge is 2.44. The predicted octanol–water partition coefficient (Wildman–Crippen LogP) is 3.93. The first-order chi connectivity index (χ1) is 9.40. The van der Waals surface area contributed by atoms with Crippen molar-refractivity contribution in [2.75, 3.05) is 6.54 Å². The summed E-state index contributed by atoms with van der Waals surface area (Å²) in [5, 5.41) is 3.66. The Kier molecular flexibility index (Phi) is 3.32. The summed E-state index contributed by atoms with van der Waals surface area (Å²) >= 11 is 0. The SMILES string of the molecule is CC(C)C1(CNCc2ccc3c(c2)CC(C)(C)O3)CC1. The molecule has 2 aliphatic rings. The van der Waals surface area contributed by atoms with Gasteiger partial charge in [-0.25, -0.2) is 0 Å². The molecule has 3 rings (SSSR count). The molecule has 1 aliphatic heterocycles. The molecular weight excluding hydrogens is 246 g/mol. The second-order valence-electron chi connectivity index (χ2n) is 7.60. The van der Waals surface area contributed by atoms with Crippen molar-refractivity contribution in [3.63, 3.8) is 0 Å². The average molecular weight is 273 g/mol. The van der Waals surface area contributed by atoms with Gasteiger partial charge in [0.2, 0.25) is 0 Å². The Morgan fingerprint density at radius 1 is 1.25 bits per heavy atom. The summed E-state index contributed by atoms with van der Waals surface area (Å²) in [6.07, 6.45) is 3.81. The minimum absolute atomic E-state index is 0.0376. The van der Waals surface area contributed by atoms with E-state index in [4.69, 9.17) is 4.74 Å². The Bertz CT molecular complexity index is 500. The van der Waals surface area contributed by atoms with E-state index >= 15 is 0 Å². The zero-order valence-electron chi connectivity index (χ0n) is 13.3. The van der Waals surface area contributed by atoms with Crippen LogP contribution in [0.25, 0.3) is 0 Å². The van der Waals surface area contributed by atoms with Crippen molar-refractivity contribution < 1.29 is 4.74 Å². The molecule has 0 bridgehead atoms. The van der Waals surface area contributed by atoms with Gasteiger partial charge in [0, 0.05) is 19.5 Å². The molecule has 0 radical (unpaired) electrons. The molecule has 2 heteroatoms. The third-order valence-corrected chi connectivity index (χ3v) is 5.05. The maximum absolute atomic E-state index is 5.93. The largest absolute Gasteiger partial charge is 0.487 e. The molecule has 0 atom stereocenters. The Hall–Kier alpha value is -1.02. The van der Waals surface area contributed by atoms with Gasteiger partial charge in [-0.3, -0.25) is 0 Å². The molecule has 110 valence electrons. The molecule has 20 heavy (non-hydrogen) atoms. The highest BCUT2D eigenvalue weighted by Crippen LogP contribution is 2.51. The summed E-state index contributed by atoms with van der Waals surface area (Å²) in [5.74, 6) is 1.86. The lowest BCUT2D eigenvalue weighted by molar-refractivity contribution is 0.138. The molecule has 1 heterocycles. The molecule has 1 N–H and O–H groups in total. The van der Waals surface area contributed by atoms with E-state index in [0.29, 0.717) is 5.41 Å². The quantitative estimate of drug-likeness (QED) is 0.878. The zero-order chi connectivity index (χ0) is 14.4. The molecule has 0 spiro atoms. The second-order valence-corrected chi connectivity index (χ2v) is 7.60. The molecule has 1 aromatic rings. The van der Waals surface area contributed by atoms with E-state index in [1.807, 2.05) is 0 Å². The van der Waals surface area contributed by atoms with Gasteiger partial charge in [0.05, 0.1) is 0 Å². The number of fused-ring (bicyclic) bond motifs is 1. The molecular formula is C18H27NO. The van der Waals surface area contributed by atoms with Crippen LogP contribution < -0.4 is 10.1 Å². The molecule has 1 saturated carbocycles. The number of nitrogens with one attached hydrogen (secondary N) is 1. The van der Waals surface area contributed by atoms with Gasteiger partial charge >= 0.3 is 0 Å². The van der Waals surface area contributed by atoms with Crippen molar-refractivity contribution in [2.24, 2.45) is 11.3 Å². The number of rotatable bonds is 5. The summed E-state index contributed by atoms with van der Waals surface area (Å²) in [4.78, 5) is 0. The van der Waals surface area contributed by atoms with Crippen molar-refractivity contribution in [1.82, 2.24) is 5.32 Å². The summed E-state index contributed by atoms with van der Waals surface area (Å²) in [6, 6.07) is 6.64. The third-order valence-electron chi connectivity index (χ3n) is 5.05. The Balaban J connectivity index is 1.57. The summed E-state index contributed by atoms with van der Waals surface area (Å²) in [5.41, 5.74) is 3.29. The molecule has 0 aromatic heterocycles. The summed E-state index contributed by atoms with van der Waals surface area (Å²) in [7, 11) is 0. The lowest BCUT2D eigenvalue weighted by Crippen LogP contribution is -2.27. The minimum atomic E-state index is -0.0376. The predicted molar refractivity (Wildman–Crippen MR) is 83.1 cm³/mol. The van der Waals surface area contributed by atoms with Crippen LogP contribution in [0.15, 0.2) is 18.2 Å². The molecule has 2 nitrogen and oxygen atoms in total. The maximum Gasteiger partial charge on any atom is 0.123 e. The van der Waals surface area contributed by atoms with Crippen molar-refractivity contribution in [2.45, 2.75) is 59.1 Å².